The molecule has 150 valence electrons. The molecule has 1 fully saturated rings. The van der Waals surface area contributed by atoms with Crippen LogP contribution in [0.2, 0.25) is 0 Å². The van der Waals surface area contributed by atoms with E-state index in [9.17, 15) is 4.39 Å². The van der Waals surface area contributed by atoms with E-state index in [1.165, 1.54) is 17.2 Å². The van der Waals surface area contributed by atoms with Crippen LogP contribution < -0.4 is 10.6 Å². The average molecular weight is 384 g/mol. The summed E-state index contributed by atoms with van der Waals surface area (Å²) >= 11 is 0. The van der Waals surface area contributed by atoms with Crippen LogP contribution in [-0.4, -0.2) is 50.8 Å². The molecule has 2 aromatic carbocycles. The summed E-state index contributed by atoms with van der Waals surface area (Å²) in [6.07, 6.45) is 0. The number of aryl methyl sites for hydroxylation is 1. The smallest absolute Gasteiger partial charge is 0.191 e. The minimum atomic E-state index is -0.210. The van der Waals surface area contributed by atoms with Crippen LogP contribution in [0.3, 0.4) is 0 Å². The molecule has 1 saturated heterocycles. The van der Waals surface area contributed by atoms with Gasteiger partial charge in [0.2, 0.25) is 0 Å². The van der Waals surface area contributed by atoms with Gasteiger partial charge in [-0.2, -0.15) is 0 Å². The van der Waals surface area contributed by atoms with Gasteiger partial charge >= 0.3 is 0 Å². The summed E-state index contributed by atoms with van der Waals surface area (Å²) in [6, 6.07) is 15.3. The number of hydrogen-bond donors (Lipinski definition) is 2. The number of nitrogens with zero attached hydrogens (tertiary/aromatic N) is 2. The predicted molar refractivity (Wildman–Crippen MR) is 111 cm³/mol. The molecule has 0 saturated carbocycles. The van der Waals surface area contributed by atoms with Crippen LogP contribution in [0.4, 0.5) is 4.39 Å². The summed E-state index contributed by atoms with van der Waals surface area (Å²) in [5, 5.41) is 6.76. The summed E-state index contributed by atoms with van der Waals surface area (Å²) in [6.45, 7) is 6.48. The van der Waals surface area contributed by atoms with Crippen LogP contribution in [0.1, 0.15) is 22.7 Å². The molecule has 0 aliphatic carbocycles. The first kappa shape index (κ1) is 20.3. The van der Waals surface area contributed by atoms with E-state index in [0.29, 0.717) is 26.3 Å². The van der Waals surface area contributed by atoms with E-state index in [1.807, 2.05) is 6.07 Å². The summed E-state index contributed by atoms with van der Waals surface area (Å²) in [5.41, 5.74) is 3.40. The molecule has 1 aliphatic heterocycles. The Morgan fingerprint density at radius 3 is 2.64 bits per heavy atom. The van der Waals surface area contributed by atoms with Gasteiger partial charge in [0.1, 0.15) is 5.82 Å². The Labute approximate surface area is 166 Å². The van der Waals surface area contributed by atoms with E-state index in [1.54, 1.807) is 19.2 Å². The molecule has 5 nitrogen and oxygen atoms in total. The Kier molecular flexibility index (Phi) is 7.39. The Balaban J connectivity index is 1.64. The number of ether oxygens (including phenoxy) is 1. The van der Waals surface area contributed by atoms with Crippen molar-refractivity contribution in [3.05, 3.63) is 71.0 Å². The first-order valence-electron chi connectivity index (χ1n) is 9.73. The van der Waals surface area contributed by atoms with E-state index in [2.05, 4.69) is 51.7 Å². The normalized spacial score (nSPS) is 16.6. The lowest BCUT2D eigenvalue weighted by Gasteiger charge is -2.35. The van der Waals surface area contributed by atoms with E-state index in [4.69, 9.17) is 4.74 Å². The summed E-state index contributed by atoms with van der Waals surface area (Å²) < 4.78 is 19.3. The molecule has 1 heterocycles. The maximum absolute atomic E-state index is 13.8. The lowest BCUT2D eigenvalue weighted by atomic mass is 10.0. The second-order valence-corrected chi connectivity index (χ2v) is 7.01. The highest BCUT2D eigenvalue weighted by Crippen LogP contribution is 2.22. The van der Waals surface area contributed by atoms with Crippen LogP contribution in [-0.2, 0) is 11.3 Å². The molecule has 1 aliphatic rings. The lowest BCUT2D eigenvalue weighted by molar-refractivity contribution is 0.0169. The number of hydrogen-bond acceptors (Lipinski definition) is 3. The van der Waals surface area contributed by atoms with Crippen molar-refractivity contribution in [2.45, 2.75) is 19.5 Å². The largest absolute Gasteiger partial charge is 0.379 e. The Morgan fingerprint density at radius 2 is 1.93 bits per heavy atom. The number of aliphatic imine (C=N–C) groups is 1. The fourth-order valence-electron chi connectivity index (χ4n) is 3.48. The van der Waals surface area contributed by atoms with Gasteiger partial charge in [-0.1, -0.05) is 42.0 Å². The van der Waals surface area contributed by atoms with Gasteiger partial charge in [0.15, 0.2) is 5.96 Å². The van der Waals surface area contributed by atoms with Crippen molar-refractivity contribution >= 4 is 5.96 Å². The van der Waals surface area contributed by atoms with Crippen LogP contribution in [0.25, 0.3) is 0 Å². The van der Waals surface area contributed by atoms with Gasteiger partial charge in [-0.25, -0.2) is 4.39 Å². The highest BCUT2D eigenvalue weighted by atomic mass is 19.1. The van der Waals surface area contributed by atoms with Crippen LogP contribution in [0, 0.1) is 12.7 Å². The number of nitrogens with one attached hydrogen (secondary N) is 2. The van der Waals surface area contributed by atoms with Gasteiger partial charge in [0.25, 0.3) is 0 Å². The molecule has 0 spiro atoms. The summed E-state index contributed by atoms with van der Waals surface area (Å²) in [5.74, 6) is 0.522. The number of rotatable bonds is 6. The standard InChI is InChI=1S/C22H29FN4O/c1-17-5-3-6-18(13-17)15-25-22(24-2)26-16-21(27-9-11-28-12-10-27)19-7-4-8-20(23)14-19/h3-8,13-14,21H,9-12,15-16H2,1-2H3,(H2,24,25,26). The summed E-state index contributed by atoms with van der Waals surface area (Å²) in [4.78, 5) is 6.66. The topological polar surface area (TPSA) is 48.9 Å². The maximum atomic E-state index is 13.8. The number of benzene rings is 2. The van der Waals surface area contributed by atoms with Gasteiger partial charge in [-0.05, 0) is 30.2 Å². The minimum Gasteiger partial charge on any atom is -0.379 e. The van der Waals surface area contributed by atoms with Crippen molar-refractivity contribution in [2.75, 3.05) is 39.9 Å². The molecular weight excluding hydrogens is 355 g/mol. The Bertz CT molecular complexity index is 790. The van der Waals surface area contributed by atoms with E-state index < -0.39 is 0 Å². The molecule has 1 unspecified atom stereocenters. The highest BCUT2D eigenvalue weighted by molar-refractivity contribution is 5.79. The summed E-state index contributed by atoms with van der Waals surface area (Å²) in [7, 11) is 1.76. The molecule has 28 heavy (non-hydrogen) atoms. The van der Waals surface area contributed by atoms with Gasteiger partial charge in [-0.15, -0.1) is 0 Å². The van der Waals surface area contributed by atoms with Crippen molar-refractivity contribution in [2.24, 2.45) is 4.99 Å². The third-order valence-corrected chi connectivity index (χ3v) is 4.95. The second-order valence-electron chi connectivity index (χ2n) is 7.01. The van der Waals surface area contributed by atoms with Crippen LogP contribution in [0.15, 0.2) is 53.5 Å². The predicted octanol–water partition coefficient (Wildman–Crippen LogP) is 2.87. The second kappa shape index (κ2) is 10.2. The first-order chi connectivity index (χ1) is 13.7. The van der Waals surface area contributed by atoms with Gasteiger partial charge in [-0.3, -0.25) is 9.89 Å². The number of halogens is 1. The highest BCUT2D eigenvalue weighted by Gasteiger charge is 2.23. The number of guanidine groups is 1. The van der Waals surface area contributed by atoms with Crippen molar-refractivity contribution in [1.82, 2.24) is 15.5 Å². The maximum Gasteiger partial charge on any atom is 0.191 e. The third kappa shape index (κ3) is 5.78. The fraction of sp³-hybridized carbons (Fsp3) is 0.409. The van der Waals surface area contributed by atoms with Crippen LogP contribution >= 0.6 is 0 Å². The zero-order valence-electron chi connectivity index (χ0n) is 16.6. The van der Waals surface area contributed by atoms with E-state index in [0.717, 1.165) is 24.6 Å². The zero-order valence-corrected chi connectivity index (χ0v) is 16.6. The molecule has 2 aromatic rings. The molecule has 3 rings (SSSR count). The van der Waals surface area contributed by atoms with Crippen molar-refractivity contribution < 1.29 is 9.13 Å². The average Bonchev–Trinajstić information content (AvgIpc) is 2.71. The Hall–Kier alpha value is -2.44. The van der Waals surface area contributed by atoms with Crippen molar-refractivity contribution in [3.63, 3.8) is 0 Å². The molecular formula is C22H29FN4O. The molecule has 0 bridgehead atoms. The van der Waals surface area contributed by atoms with Crippen molar-refractivity contribution in [1.29, 1.82) is 0 Å². The van der Waals surface area contributed by atoms with E-state index in [-0.39, 0.29) is 11.9 Å². The molecule has 0 radical (unpaired) electrons. The lowest BCUT2D eigenvalue weighted by Crippen LogP contribution is -2.46. The third-order valence-electron chi connectivity index (χ3n) is 4.95. The Morgan fingerprint density at radius 1 is 1.14 bits per heavy atom. The molecule has 0 amide bonds. The SMILES string of the molecule is CN=C(NCc1cccc(C)c1)NCC(c1cccc(F)c1)N1CCOCC1. The molecule has 2 N–H and O–H groups in total. The molecule has 6 heteroatoms. The van der Waals surface area contributed by atoms with Crippen molar-refractivity contribution in [3.8, 4) is 0 Å². The molecule has 0 aromatic heterocycles. The fourth-order valence-corrected chi connectivity index (χ4v) is 3.48. The zero-order chi connectivity index (χ0) is 19.8. The van der Waals surface area contributed by atoms with Gasteiger partial charge < -0.3 is 15.4 Å². The quantitative estimate of drug-likeness (QED) is 0.594. The number of morpholine rings is 1. The van der Waals surface area contributed by atoms with Crippen LogP contribution in [0.5, 0.6) is 0 Å². The van der Waals surface area contributed by atoms with Gasteiger partial charge in [0.05, 0.1) is 19.3 Å². The monoisotopic (exact) mass is 384 g/mol. The first-order valence-corrected chi connectivity index (χ1v) is 9.73. The molecule has 1 atom stereocenters. The van der Waals surface area contributed by atoms with Gasteiger partial charge in [0, 0.05) is 33.2 Å². The minimum absolute atomic E-state index is 0.0529. The van der Waals surface area contributed by atoms with E-state index >= 15 is 0 Å².